The van der Waals surface area contributed by atoms with Crippen LogP contribution in [0.15, 0.2) is 30.3 Å². The van der Waals surface area contributed by atoms with E-state index < -0.39 is 5.82 Å². The van der Waals surface area contributed by atoms with Gasteiger partial charge in [0.15, 0.2) is 5.82 Å². The molecule has 9 heteroatoms. The number of carbonyl (C=O) groups excluding carboxylic acids is 1. The van der Waals surface area contributed by atoms with Crippen LogP contribution in [0.3, 0.4) is 0 Å². The molecule has 2 aliphatic carbocycles. The summed E-state index contributed by atoms with van der Waals surface area (Å²) >= 11 is 13.0. The van der Waals surface area contributed by atoms with Crippen LogP contribution in [0, 0.1) is 35.9 Å². The Balaban J connectivity index is 1.26. The van der Waals surface area contributed by atoms with Crippen LogP contribution in [0.1, 0.15) is 80.8 Å². The maximum absolute atomic E-state index is 16.7. The molecule has 0 radical (unpaired) electrons. The van der Waals surface area contributed by atoms with Gasteiger partial charge in [-0.25, -0.2) is 9.37 Å². The summed E-state index contributed by atoms with van der Waals surface area (Å²) in [6.07, 6.45) is 10.0. The van der Waals surface area contributed by atoms with Crippen LogP contribution in [0.5, 0.6) is 0 Å². The predicted octanol–water partition coefficient (Wildman–Crippen LogP) is 8.91. The van der Waals surface area contributed by atoms with Crippen LogP contribution in [0.4, 0.5) is 4.39 Å². The van der Waals surface area contributed by atoms with Gasteiger partial charge in [0.25, 0.3) is 0 Å². The van der Waals surface area contributed by atoms with Gasteiger partial charge in [-0.3, -0.25) is 9.69 Å². The van der Waals surface area contributed by atoms with Crippen LogP contribution in [-0.2, 0) is 11.2 Å². The van der Waals surface area contributed by atoms with Crippen molar-refractivity contribution < 1.29 is 9.18 Å². The molecule has 2 bridgehead atoms. The molecular weight excluding hydrogens is 620 g/mol. The molecule has 2 saturated carbocycles. The molecule has 8 rings (SSSR count). The first kappa shape index (κ1) is 30.2. The lowest BCUT2D eigenvalue weighted by atomic mass is 9.88. The number of H-pyrrole nitrogens is 1. The highest BCUT2D eigenvalue weighted by atomic mass is 35.5. The summed E-state index contributed by atoms with van der Waals surface area (Å²) in [4.78, 5) is 27.4. The summed E-state index contributed by atoms with van der Waals surface area (Å²) in [5.74, 6) is 0.318. The number of piperidine rings is 1. The van der Waals surface area contributed by atoms with E-state index in [0.29, 0.717) is 51.4 Å². The molecule has 2 aliphatic heterocycles. The van der Waals surface area contributed by atoms with Gasteiger partial charge in [0.1, 0.15) is 5.52 Å². The maximum Gasteiger partial charge on any atom is 0.226 e. The average molecular weight is 659 g/mol. The number of nitriles is 1. The van der Waals surface area contributed by atoms with E-state index in [1.807, 2.05) is 13.0 Å². The first-order valence-electron chi connectivity index (χ1n) is 16.9. The number of rotatable bonds is 6. The van der Waals surface area contributed by atoms with Gasteiger partial charge < -0.3 is 9.88 Å². The zero-order valence-electron chi connectivity index (χ0n) is 26.1. The Morgan fingerprint density at radius 1 is 1.09 bits per heavy atom. The Labute approximate surface area is 278 Å². The van der Waals surface area contributed by atoms with E-state index in [9.17, 15) is 10.1 Å². The highest BCUT2D eigenvalue weighted by molar-refractivity contribution is 6.43. The van der Waals surface area contributed by atoms with Crippen molar-refractivity contribution >= 4 is 50.9 Å². The third-order valence-electron chi connectivity index (χ3n) is 11.0. The Hall–Kier alpha value is -3.18. The number of benzene rings is 2. The van der Waals surface area contributed by atoms with E-state index in [1.54, 1.807) is 18.2 Å². The normalized spacial score (nSPS) is 23.8. The number of likely N-dealkylation sites (tertiary alicyclic amines) is 2. The van der Waals surface area contributed by atoms with E-state index >= 15 is 4.39 Å². The average Bonchev–Trinajstić information content (AvgIpc) is 3.76. The van der Waals surface area contributed by atoms with Crippen molar-refractivity contribution in [3.8, 4) is 17.2 Å². The minimum atomic E-state index is -0.471. The Kier molecular flexibility index (Phi) is 7.75. The molecule has 4 fully saturated rings. The van der Waals surface area contributed by atoms with Crippen LogP contribution in [0.25, 0.3) is 32.9 Å². The zero-order chi connectivity index (χ0) is 31.7. The molecule has 238 valence electrons. The number of nitrogens with zero attached hydrogens (tertiary/aromatic N) is 4. The van der Waals surface area contributed by atoms with Crippen molar-refractivity contribution in [1.82, 2.24) is 19.8 Å². The molecule has 4 heterocycles. The van der Waals surface area contributed by atoms with Crippen LogP contribution in [0.2, 0.25) is 10.0 Å². The molecule has 46 heavy (non-hydrogen) atoms. The summed E-state index contributed by atoms with van der Waals surface area (Å²) in [6, 6.07) is 12.3. The van der Waals surface area contributed by atoms with Crippen molar-refractivity contribution in [2.45, 2.75) is 89.3 Å². The number of aryl methyl sites for hydroxylation is 2. The minimum absolute atomic E-state index is 0.0408. The van der Waals surface area contributed by atoms with Gasteiger partial charge >= 0.3 is 0 Å². The number of hydrogen-bond acceptors (Lipinski definition) is 4. The number of carbonyl (C=O) groups is 1. The van der Waals surface area contributed by atoms with Crippen molar-refractivity contribution in [3.63, 3.8) is 0 Å². The molecule has 2 saturated heterocycles. The van der Waals surface area contributed by atoms with Crippen LogP contribution >= 0.6 is 23.2 Å². The third-order valence-corrected chi connectivity index (χ3v) is 11.9. The predicted molar refractivity (Wildman–Crippen MR) is 180 cm³/mol. The topological polar surface area (TPSA) is 76.0 Å². The second kappa shape index (κ2) is 11.8. The SMILES string of the molecule is Cc1nc2c(F)c(-c3cccc(Cl)c3Cl)c(CCC#N)cc2c2[nH]c(C3C4CC(CN(C5CCCCC5)C4)N3C(=O)C3CC3)cc12. The number of nitrogens with one attached hydrogen (secondary N) is 1. The van der Waals surface area contributed by atoms with Gasteiger partial charge in [0, 0.05) is 70.8 Å². The fourth-order valence-corrected chi connectivity index (χ4v) is 9.16. The molecule has 4 aliphatic rings. The summed E-state index contributed by atoms with van der Waals surface area (Å²) in [5, 5.41) is 11.7. The van der Waals surface area contributed by atoms with Gasteiger partial charge in [0.05, 0.1) is 27.7 Å². The second-order valence-electron chi connectivity index (χ2n) is 14.0. The number of aromatic nitrogens is 2. The molecule has 1 amide bonds. The first-order valence-corrected chi connectivity index (χ1v) is 17.6. The fraction of sp³-hybridized carbons (Fsp3) is 0.486. The van der Waals surface area contributed by atoms with Gasteiger partial charge in [-0.05, 0) is 75.1 Å². The smallest absolute Gasteiger partial charge is 0.226 e. The van der Waals surface area contributed by atoms with Crippen molar-refractivity contribution in [3.05, 3.63) is 63.1 Å². The van der Waals surface area contributed by atoms with Gasteiger partial charge in [0.2, 0.25) is 5.91 Å². The summed E-state index contributed by atoms with van der Waals surface area (Å²) < 4.78 is 16.7. The molecule has 3 unspecified atom stereocenters. The zero-order valence-corrected chi connectivity index (χ0v) is 27.6. The van der Waals surface area contributed by atoms with Crippen LogP contribution < -0.4 is 0 Å². The molecule has 1 N–H and O–H groups in total. The summed E-state index contributed by atoms with van der Waals surface area (Å²) in [6.45, 7) is 3.88. The van der Waals surface area contributed by atoms with Crippen molar-refractivity contribution in [1.29, 1.82) is 5.26 Å². The third kappa shape index (κ3) is 5.00. The van der Waals surface area contributed by atoms with Crippen LogP contribution in [-0.4, -0.2) is 50.8 Å². The van der Waals surface area contributed by atoms with E-state index in [4.69, 9.17) is 28.2 Å². The summed E-state index contributed by atoms with van der Waals surface area (Å²) in [7, 11) is 0. The highest BCUT2D eigenvalue weighted by Gasteiger charge is 2.52. The van der Waals surface area contributed by atoms with Gasteiger partial charge in [-0.15, -0.1) is 0 Å². The monoisotopic (exact) mass is 657 g/mol. The van der Waals surface area contributed by atoms with E-state index in [0.717, 1.165) is 54.6 Å². The molecule has 2 aromatic carbocycles. The quantitative estimate of drug-likeness (QED) is 0.225. The lowest BCUT2D eigenvalue weighted by Crippen LogP contribution is -2.48. The minimum Gasteiger partial charge on any atom is -0.356 e. The number of halogens is 3. The highest BCUT2D eigenvalue weighted by Crippen LogP contribution is 2.49. The number of amides is 1. The van der Waals surface area contributed by atoms with Gasteiger partial charge in [-0.2, -0.15) is 5.26 Å². The first-order chi connectivity index (χ1) is 22.3. The number of aromatic amines is 1. The molecule has 0 spiro atoms. The largest absolute Gasteiger partial charge is 0.356 e. The Morgan fingerprint density at radius 3 is 2.65 bits per heavy atom. The second-order valence-corrected chi connectivity index (χ2v) is 14.7. The van der Waals surface area contributed by atoms with Gasteiger partial charge in [-0.1, -0.05) is 54.6 Å². The van der Waals surface area contributed by atoms with E-state index in [2.05, 4.69) is 26.9 Å². The maximum atomic E-state index is 16.7. The number of pyridine rings is 1. The summed E-state index contributed by atoms with van der Waals surface area (Å²) in [5.41, 5.74) is 4.32. The van der Waals surface area contributed by atoms with Crippen molar-refractivity contribution in [2.24, 2.45) is 11.8 Å². The lowest BCUT2D eigenvalue weighted by molar-refractivity contribution is -0.135. The standard InChI is InChI=1S/C37H38Cl2FN5O/c1-20-27-17-30(36-23-15-25(45(36)37(46)21-12-13-21)19-44(18-23)24-8-3-2-4-9-24)43-34(27)28-16-22(7-6-14-41)31(33(40)35(28)42-20)26-10-5-11-29(38)32(26)39/h5,10-11,16-17,21,23-25,36,43H,2-4,6-9,12-13,15,18-19H2,1H3. The Bertz CT molecular complexity index is 1910. The molecule has 3 atom stereocenters. The Morgan fingerprint density at radius 2 is 1.89 bits per heavy atom. The fourth-order valence-electron chi connectivity index (χ4n) is 8.76. The molecule has 6 nitrogen and oxygen atoms in total. The lowest BCUT2D eigenvalue weighted by Gasteiger charge is -2.39. The number of fused-ring (bicyclic) bond motifs is 5. The van der Waals surface area contributed by atoms with E-state index in [1.165, 1.54) is 32.1 Å². The molecule has 4 aromatic rings. The molecule has 2 aromatic heterocycles. The van der Waals surface area contributed by atoms with E-state index in [-0.39, 0.29) is 35.0 Å². The van der Waals surface area contributed by atoms with Crippen molar-refractivity contribution in [2.75, 3.05) is 13.1 Å². The number of hydrogen-bond donors (Lipinski definition) is 1. The molecular formula is C37H38Cl2FN5O.